The molecule has 1 saturated heterocycles. The number of oxime groups is 1. The van der Waals surface area contributed by atoms with Gasteiger partial charge in [0.05, 0.1) is 4.92 Å². The van der Waals surface area contributed by atoms with Crippen LogP contribution in [0, 0.1) is 15.5 Å². The summed E-state index contributed by atoms with van der Waals surface area (Å²) in [7, 11) is 0. The van der Waals surface area contributed by atoms with E-state index in [9.17, 15) is 10.1 Å². The van der Waals surface area contributed by atoms with Crippen molar-refractivity contribution < 1.29 is 10.1 Å². The first-order chi connectivity index (χ1) is 9.84. The fraction of sp³-hybridized carbons (Fsp3) is 0.538. The molecule has 0 spiro atoms. The number of aromatic nitrogens is 1. The second-order valence-electron chi connectivity index (χ2n) is 5.93. The van der Waals surface area contributed by atoms with E-state index in [4.69, 9.17) is 10.9 Å². The van der Waals surface area contributed by atoms with Crippen LogP contribution in [0.1, 0.15) is 32.4 Å². The van der Waals surface area contributed by atoms with Gasteiger partial charge in [-0.05, 0) is 24.3 Å². The molecule has 8 nitrogen and oxygen atoms in total. The van der Waals surface area contributed by atoms with Crippen LogP contribution in [0.3, 0.4) is 0 Å². The van der Waals surface area contributed by atoms with Gasteiger partial charge in [-0.2, -0.15) is 0 Å². The first-order valence-electron chi connectivity index (χ1n) is 6.72. The fourth-order valence-corrected chi connectivity index (χ4v) is 2.34. The highest BCUT2D eigenvalue weighted by molar-refractivity contribution is 5.99. The van der Waals surface area contributed by atoms with Crippen molar-refractivity contribution in [1.82, 2.24) is 4.98 Å². The number of anilines is 1. The molecule has 1 aromatic rings. The van der Waals surface area contributed by atoms with Crippen molar-refractivity contribution in [3.63, 3.8) is 0 Å². The van der Waals surface area contributed by atoms with Gasteiger partial charge in [0.15, 0.2) is 11.5 Å². The number of hydrogen-bond donors (Lipinski definition) is 2. The second kappa shape index (κ2) is 5.55. The predicted molar refractivity (Wildman–Crippen MR) is 78.6 cm³/mol. The van der Waals surface area contributed by atoms with Crippen LogP contribution in [0.5, 0.6) is 0 Å². The lowest BCUT2D eigenvalue weighted by molar-refractivity contribution is -0.385. The van der Waals surface area contributed by atoms with E-state index in [2.05, 4.69) is 28.9 Å². The lowest BCUT2D eigenvalue weighted by Crippen LogP contribution is -2.38. The number of rotatable bonds is 3. The molecule has 1 aliphatic rings. The van der Waals surface area contributed by atoms with E-state index in [1.54, 1.807) is 6.07 Å². The van der Waals surface area contributed by atoms with Crippen molar-refractivity contribution in [2.24, 2.45) is 16.3 Å². The Kier molecular flexibility index (Phi) is 3.97. The summed E-state index contributed by atoms with van der Waals surface area (Å²) in [4.78, 5) is 16.6. The van der Waals surface area contributed by atoms with Crippen LogP contribution in [-0.4, -0.2) is 34.0 Å². The Balaban J connectivity index is 2.32. The number of piperidine rings is 1. The van der Waals surface area contributed by atoms with Crippen molar-refractivity contribution in [3.8, 4) is 0 Å². The van der Waals surface area contributed by atoms with Crippen molar-refractivity contribution in [3.05, 3.63) is 27.9 Å². The molecule has 0 unspecified atom stereocenters. The molecule has 2 heterocycles. The largest absolute Gasteiger partial charge is 0.409 e. The summed E-state index contributed by atoms with van der Waals surface area (Å²) in [5.74, 6) is 0.249. The number of nitrogens with two attached hydrogens (primary N) is 1. The van der Waals surface area contributed by atoms with Gasteiger partial charge in [0.1, 0.15) is 5.82 Å². The van der Waals surface area contributed by atoms with Gasteiger partial charge >= 0.3 is 0 Å². The molecule has 1 aromatic heterocycles. The number of nitro groups is 1. The van der Waals surface area contributed by atoms with Crippen LogP contribution in [0.25, 0.3) is 0 Å². The van der Waals surface area contributed by atoms with Gasteiger partial charge in [0, 0.05) is 19.2 Å². The Hall–Kier alpha value is -2.38. The van der Waals surface area contributed by atoms with Gasteiger partial charge in [-0.3, -0.25) is 10.1 Å². The summed E-state index contributed by atoms with van der Waals surface area (Å²) in [6.07, 6.45) is 2.04. The third-order valence-electron chi connectivity index (χ3n) is 3.85. The molecule has 114 valence electrons. The lowest BCUT2D eigenvalue weighted by atomic mass is 9.83. The summed E-state index contributed by atoms with van der Waals surface area (Å²) in [5, 5.41) is 22.5. The van der Waals surface area contributed by atoms with E-state index < -0.39 is 4.92 Å². The number of nitrogens with zero attached hydrogens (tertiary/aromatic N) is 4. The number of hydrogen-bond acceptors (Lipinski definition) is 6. The maximum atomic E-state index is 11.0. The van der Waals surface area contributed by atoms with E-state index >= 15 is 0 Å². The van der Waals surface area contributed by atoms with Crippen LogP contribution in [-0.2, 0) is 0 Å². The van der Waals surface area contributed by atoms with Crippen molar-refractivity contribution >= 4 is 17.3 Å². The van der Waals surface area contributed by atoms with Gasteiger partial charge in [0.25, 0.3) is 5.69 Å². The molecule has 8 heteroatoms. The first kappa shape index (κ1) is 15.0. The SMILES string of the molecule is CC1(C)CCN(c2ccc([N+](=O)[O-])c(/C(N)=N/O)n2)CC1. The normalized spacial score (nSPS) is 18.6. The van der Waals surface area contributed by atoms with E-state index in [0.29, 0.717) is 11.2 Å². The number of pyridine rings is 1. The minimum absolute atomic E-state index is 0.107. The zero-order valence-corrected chi connectivity index (χ0v) is 12.1. The summed E-state index contributed by atoms with van der Waals surface area (Å²) in [6, 6.07) is 2.94. The molecule has 2 rings (SSSR count). The smallest absolute Gasteiger partial charge is 0.298 e. The Morgan fingerprint density at radius 3 is 2.62 bits per heavy atom. The molecule has 1 fully saturated rings. The van der Waals surface area contributed by atoms with Crippen LogP contribution < -0.4 is 10.6 Å². The minimum Gasteiger partial charge on any atom is -0.409 e. The van der Waals surface area contributed by atoms with Crippen LogP contribution in [0.2, 0.25) is 0 Å². The van der Waals surface area contributed by atoms with Gasteiger partial charge < -0.3 is 15.8 Å². The van der Waals surface area contributed by atoms with Crippen molar-refractivity contribution in [1.29, 1.82) is 0 Å². The zero-order chi connectivity index (χ0) is 15.6. The molecular weight excluding hydrogens is 274 g/mol. The standard InChI is InChI=1S/C13H19N5O3/c1-13(2)5-7-17(8-6-13)10-4-3-9(18(20)21)11(15-10)12(14)16-19/h3-4,19H,5-8H2,1-2H3,(H2,14,16). The Morgan fingerprint density at radius 2 is 2.10 bits per heavy atom. The minimum atomic E-state index is -0.594. The molecule has 21 heavy (non-hydrogen) atoms. The molecule has 0 aromatic carbocycles. The third-order valence-corrected chi connectivity index (χ3v) is 3.85. The Labute approximate surface area is 122 Å². The van der Waals surface area contributed by atoms with E-state index in [1.165, 1.54) is 6.07 Å². The summed E-state index contributed by atoms with van der Waals surface area (Å²) in [5.41, 5.74) is 5.41. The summed E-state index contributed by atoms with van der Waals surface area (Å²) >= 11 is 0. The van der Waals surface area contributed by atoms with Crippen molar-refractivity contribution in [2.75, 3.05) is 18.0 Å². The summed E-state index contributed by atoms with van der Waals surface area (Å²) < 4.78 is 0. The molecule has 0 radical (unpaired) electrons. The first-order valence-corrected chi connectivity index (χ1v) is 6.72. The highest BCUT2D eigenvalue weighted by atomic mass is 16.6. The monoisotopic (exact) mass is 293 g/mol. The molecule has 3 N–H and O–H groups in total. The molecule has 1 aliphatic heterocycles. The summed E-state index contributed by atoms with van der Waals surface area (Å²) in [6.45, 7) is 6.09. The predicted octanol–water partition coefficient (Wildman–Crippen LogP) is 1.71. The van der Waals surface area contributed by atoms with Gasteiger partial charge in [-0.25, -0.2) is 4.98 Å². The van der Waals surface area contributed by atoms with Crippen LogP contribution >= 0.6 is 0 Å². The van der Waals surface area contributed by atoms with Gasteiger partial charge in [-0.1, -0.05) is 19.0 Å². The molecule has 0 amide bonds. The molecule has 0 saturated carbocycles. The topological polar surface area (TPSA) is 118 Å². The second-order valence-corrected chi connectivity index (χ2v) is 5.93. The fourth-order valence-electron chi connectivity index (χ4n) is 2.34. The quantitative estimate of drug-likeness (QED) is 0.288. The maximum Gasteiger partial charge on any atom is 0.298 e. The lowest BCUT2D eigenvalue weighted by Gasteiger charge is -2.37. The molecule has 0 bridgehead atoms. The highest BCUT2D eigenvalue weighted by Gasteiger charge is 2.27. The van der Waals surface area contributed by atoms with Crippen LogP contribution in [0.15, 0.2) is 17.3 Å². The Bertz CT molecular complexity index is 575. The van der Waals surface area contributed by atoms with Crippen molar-refractivity contribution in [2.45, 2.75) is 26.7 Å². The average molecular weight is 293 g/mol. The molecule has 0 atom stereocenters. The molecular formula is C13H19N5O3. The van der Waals surface area contributed by atoms with E-state index in [-0.39, 0.29) is 17.2 Å². The van der Waals surface area contributed by atoms with E-state index in [0.717, 1.165) is 25.9 Å². The maximum absolute atomic E-state index is 11.0. The average Bonchev–Trinajstić information content (AvgIpc) is 2.45. The number of amidine groups is 1. The highest BCUT2D eigenvalue weighted by Crippen LogP contribution is 2.32. The van der Waals surface area contributed by atoms with Gasteiger partial charge in [0.2, 0.25) is 0 Å². The Morgan fingerprint density at radius 1 is 1.48 bits per heavy atom. The zero-order valence-electron chi connectivity index (χ0n) is 12.1. The third kappa shape index (κ3) is 3.21. The van der Waals surface area contributed by atoms with E-state index in [1.807, 2.05) is 0 Å². The molecule has 0 aliphatic carbocycles. The van der Waals surface area contributed by atoms with Crippen LogP contribution in [0.4, 0.5) is 11.5 Å². The van der Waals surface area contributed by atoms with Gasteiger partial charge in [-0.15, -0.1) is 0 Å².